The second-order valence-corrected chi connectivity index (χ2v) is 7.54. The summed E-state index contributed by atoms with van der Waals surface area (Å²) in [6.07, 6.45) is 3.62. The maximum absolute atomic E-state index is 3.76. The van der Waals surface area contributed by atoms with E-state index in [9.17, 15) is 0 Å². The lowest BCUT2D eigenvalue weighted by molar-refractivity contribution is 0.279. The molecule has 0 radical (unpaired) electrons. The van der Waals surface area contributed by atoms with E-state index in [4.69, 9.17) is 0 Å². The van der Waals surface area contributed by atoms with Crippen LogP contribution in [0.5, 0.6) is 0 Å². The van der Waals surface area contributed by atoms with Crippen LogP contribution in [0.25, 0.3) is 10.8 Å². The first-order chi connectivity index (χ1) is 9.52. The number of hydrogen-bond donors (Lipinski definition) is 1. The highest BCUT2D eigenvalue weighted by Crippen LogP contribution is 2.43. The molecular weight excluding hydrogens is 310 g/mol. The Labute approximate surface area is 129 Å². The van der Waals surface area contributed by atoms with Gasteiger partial charge < -0.3 is 5.32 Å². The van der Waals surface area contributed by atoms with Gasteiger partial charge in [-0.2, -0.15) is 0 Å². The van der Waals surface area contributed by atoms with Crippen molar-refractivity contribution in [1.29, 1.82) is 0 Å². The van der Waals surface area contributed by atoms with Crippen molar-refractivity contribution in [2.45, 2.75) is 39.2 Å². The standard InChI is InChI=1S/C18H22BrN/c1-18(2)9-8-13-12-6-4-5-7-14(12)16(19)10-15(13)17(11-18)20-3/h4-7,10,17,20H,8-9,11H2,1-3H3. The number of nitrogens with one attached hydrogen (secondary N) is 1. The summed E-state index contributed by atoms with van der Waals surface area (Å²) in [4.78, 5) is 0. The summed E-state index contributed by atoms with van der Waals surface area (Å²) >= 11 is 3.76. The van der Waals surface area contributed by atoms with E-state index < -0.39 is 0 Å². The molecule has 20 heavy (non-hydrogen) atoms. The molecule has 2 heteroatoms. The van der Waals surface area contributed by atoms with Gasteiger partial charge in [0.05, 0.1) is 0 Å². The van der Waals surface area contributed by atoms with Crippen LogP contribution in [0.3, 0.4) is 0 Å². The van der Waals surface area contributed by atoms with Crippen LogP contribution in [-0.4, -0.2) is 7.05 Å². The number of benzene rings is 2. The molecule has 0 spiro atoms. The third kappa shape index (κ3) is 2.40. The molecule has 1 atom stereocenters. The smallest absolute Gasteiger partial charge is 0.0325 e. The molecule has 0 aromatic heterocycles. The molecule has 106 valence electrons. The summed E-state index contributed by atoms with van der Waals surface area (Å²) in [5, 5.41) is 6.27. The number of rotatable bonds is 1. The van der Waals surface area contributed by atoms with Gasteiger partial charge in [0, 0.05) is 10.5 Å². The van der Waals surface area contributed by atoms with Crippen LogP contribution in [0.4, 0.5) is 0 Å². The fourth-order valence-electron chi connectivity index (χ4n) is 3.49. The number of halogens is 1. The van der Waals surface area contributed by atoms with Crippen LogP contribution in [-0.2, 0) is 6.42 Å². The van der Waals surface area contributed by atoms with Crippen LogP contribution in [0.1, 0.15) is 43.9 Å². The third-order valence-corrected chi connectivity index (χ3v) is 5.33. The molecule has 1 aliphatic carbocycles. The van der Waals surface area contributed by atoms with Crippen molar-refractivity contribution in [3.05, 3.63) is 45.9 Å². The maximum Gasteiger partial charge on any atom is 0.0325 e. The van der Waals surface area contributed by atoms with E-state index in [1.807, 2.05) is 0 Å². The molecule has 0 saturated carbocycles. The molecule has 0 bridgehead atoms. The van der Waals surface area contributed by atoms with Crippen molar-refractivity contribution in [2.24, 2.45) is 5.41 Å². The van der Waals surface area contributed by atoms with Crippen molar-refractivity contribution in [1.82, 2.24) is 5.32 Å². The minimum Gasteiger partial charge on any atom is -0.313 e. The van der Waals surface area contributed by atoms with E-state index in [1.54, 1.807) is 0 Å². The summed E-state index contributed by atoms with van der Waals surface area (Å²) in [5.41, 5.74) is 3.40. The number of hydrogen-bond acceptors (Lipinski definition) is 1. The quantitative estimate of drug-likeness (QED) is 0.706. The van der Waals surface area contributed by atoms with E-state index in [2.05, 4.69) is 72.5 Å². The number of fused-ring (bicyclic) bond motifs is 3. The zero-order valence-corrected chi connectivity index (χ0v) is 14.0. The third-order valence-electron chi connectivity index (χ3n) is 4.67. The monoisotopic (exact) mass is 331 g/mol. The van der Waals surface area contributed by atoms with Gasteiger partial charge in [-0.25, -0.2) is 0 Å². The second kappa shape index (κ2) is 5.16. The molecule has 1 unspecified atom stereocenters. The van der Waals surface area contributed by atoms with Crippen LogP contribution in [0.2, 0.25) is 0 Å². The van der Waals surface area contributed by atoms with Crippen molar-refractivity contribution in [3.8, 4) is 0 Å². The highest BCUT2D eigenvalue weighted by molar-refractivity contribution is 9.10. The summed E-state index contributed by atoms with van der Waals surface area (Å²) in [5.74, 6) is 0. The Morgan fingerprint density at radius 1 is 1.20 bits per heavy atom. The minimum absolute atomic E-state index is 0.389. The van der Waals surface area contributed by atoms with Gasteiger partial charge >= 0.3 is 0 Å². The van der Waals surface area contributed by atoms with Crippen LogP contribution in [0.15, 0.2) is 34.8 Å². The molecule has 0 saturated heterocycles. The molecule has 0 amide bonds. The lowest BCUT2D eigenvalue weighted by atomic mass is 9.83. The molecule has 2 aromatic carbocycles. The Morgan fingerprint density at radius 3 is 2.60 bits per heavy atom. The predicted molar refractivity (Wildman–Crippen MR) is 90.2 cm³/mol. The largest absolute Gasteiger partial charge is 0.313 e. The van der Waals surface area contributed by atoms with Crippen molar-refractivity contribution >= 4 is 26.7 Å². The average Bonchev–Trinajstić information content (AvgIpc) is 2.56. The lowest BCUT2D eigenvalue weighted by Gasteiger charge is -2.26. The molecule has 0 fully saturated rings. The Hall–Kier alpha value is -0.860. The molecule has 2 aromatic rings. The zero-order chi connectivity index (χ0) is 14.3. The van der Waals surface area contributed by atoms with Gasteiger partial charge in [0.15, 0.2) is 0 Å². The highest BCUT2D eigenvalue weighted by Gasteiger charge is 2.29. The summed E-state index contributed by atoms with van der Waals surface area (Å²) < 4.78 is 1.21. The van der Waals surface area contributed by atoms with Gasteiger partial charge in [-0.3, -0.25) is 0 Å². The lowest BCUT2D eigenvalue weighted by Crippen LogP contribution is -2.22. The van der Waals surface area contributed by atoms with Gasteiger partial charge in [0.2, 0.25) is 0 Å². The molecule has 0 aliphatic heterocycles. The van der Waals surface area contributed by atoms with Gasteiger partial charge in [-0.05, 0) is 59.7 Å². The van der Waals surface area contributed by atoms with Crippen molar-refractivity contribution < 1.29 is 0 Å². The van der Waals surface area contributed by atoms with Gasteiger partial charge in [0.1, 0.15) is 0 Å². The summed E-state index contributed by atoms with van der Waals surface area (Å²) in [7, 11) is 2.08. The minimum atomic E-state index is 0.389. The van der Waals surface area contributed by atoms with Gasteiger partial charge in [-0.1, -0.05) is 54.0 Å². The van der Waals surface area contributed by atoms with E-state index in [1.165, 1.54) is 45.6 Å². The molecule has 1 aliphatic rings. The SMILES string of the molecule is CNC1CC(C)(C)CCc2c1cc(Br)c1ccccc21. The first-order valence-electron chi connectivity index (χ1n) is 7.39. The molecule has 1 nitrogen and oxygen atoms in total. The summed E-state index contributed by atoms with van der Waals surface area (Å²) in [6.45, 7) is 4.78. The van der Waals surface area contributed by atoms with Crippen molar-refractivity contribution in [3.63, 3.8) is 0 Å². The Bertz CT molecular complexity index is 645. The maximum atomic E-state index is 3.76. The van der Waals surface area contributed by atoms with E-state index in [0.717, 1.165) is 0 Å². The fourth-order valence-corrected chi connectivity index (χ4v) is 4.08. The molecule has 0 heterocycles. The van der Waals surface area contributed by atoms with Crippen LogP contribution < -0.4 is 5.32 Å². The van der Waals surface area contributed by atoms with Gasteiger partial charge in [0.25, 0.3) is 0 Å². The first-order valence-corrected chi connectivity index (χ1v) is 8.18. The van der Waals surface area contributed by atoms with E-state index in [0.29, 0.717) is 11.5 Å². The Balaban J connectivity index is 2.26. The summed E-state index contributed by atoms with van der Waals surface area (Å²) in [6, 6.07) is 11.5. The molecule has 1 N–H and O–H groups in total. The van der Waals surface area contributed by atoms with Gasteiger partial charge in [-0.15, -0.1) is 0 Å². The van der Waals surface area contributed by atoms with Crippen LogP contribution in [0, 0.1) is 5.41 Å². The van der Waals surface area contributed by atoms with Crippen molar-refractivity contribution in [2.75, 3.05) is 7.05 Å². The average molecular weight is 332 g/mol. The zero-order valence-electron chi connectivity index (χ0n) is 12.5. The highest BCUT2D eigenvalue weighted by atomic mass is 79.9. The predicted octanol–water partition coefficient (Wildman–Crippen LogP) is 5.23. The normalized spacial score (nSPS) is 21.5. The number of aryl methyl sites for hydroxylation is 1. The van der Waals surface area contributed by atoms with E-state index in [-0.39, 0.29) is 0 Å². The fraction of sp³-hybridized carbons (Fsp3) is 0.444. The molecular formula is C18H22BrN. The Kier molecular flexibility index (Phi) is 3.64. The topological polar surface area (TPSA) is 12.0 Å². The Morgan fingerprint density at radius 2 is 1.90 bits per heavy atom. The molecule has 3 rings (SSSR count). The first kappa shape index (κ1) is 14.1. The second-order valence-electron chi connectivity index (χ2n) is 6.68. The van der Waals surface area contributed by atoms with E-state index >= 15 is 0 Å². The van der Waals surface area contributed by atoms with Crippen LogP contribution >= 0.6 is 15.9 Å².